The highest BCUT2D eigenvalue weighted by molar-refractivity contribution is 5.92. The van der Waals surface area contributed by atoms with Gasteiger partial charge in [0.1, 0.15) is 5.69 Å². The number of piperidine rings is 1. The zero-order valence-corrected chi connectivity index (χ0v) is 17.3. The number of likely N-dealkylation sites (tertiary alicyclic amines) is 1. The fourth-order valence-electron chi connectivity index (χ4n) is 4.03. The molecular formula is C22H23F3N4O3. The lowest BCUT2D eigenvalue weighted by atomic mass is 9.89. The van der Waals surface area contributed by atoms with Crippen molar-refractivity contribution in [2.75, 3.05) is 38.1 Å². The Balaban J connectivity index is 1.34. The first kappa shape index (κ1) is 22.1. The molecule has 3 heterocycles. The van der Waals surface area contributed by atoms with Crippen LogP contribution in [0.25, 0.3) is 0 Å². The largest absolute Gasteiger partial charge is 0.416 e. The molecule has 0 bridgehead atoms. The molecular weight excluding hydrogens is 425 g/mol. The van der Waals surface area contributed by atoms with Gasteiger partial charge in [0.25, 0.3) is 5.91 Å². The van der Waals surface area contributed by atoms with E-state index in [1.807, 2.05) is 0 Å². The van der Waals surface area contributed by atoms with E-state index in [2.05, 4.69) is 10.3 Å². The Morgan fingerprint density at radius 1 is 1.00 bits per heavy atom. The first-order valence-corrected chi connectivity index (χ1v) is 10.3. The smallest absolute Gasteiger partial charge is 0.371 e. The van der Waals surface area contributed by atoms with Crippen LogP contribution in [0.3, 0.4) is 0 Å². The van der Waals surface area contributed by atoms with Crippen LogP contribution in [0.15, 0.2) is 48.7 Å². The molecule has 1 N–H and O–H groups in total. The molecule has 0 atom stereocenters. The average molecular weight is 448 g/mol. The van der Waals surface area contributed by atoms with Gasteiger partial charge in [-0.2, -0.15) is 13.2 Å². The highest BCUT2D eigenvalue weighted by Gasteiger charge is 2.42. The minimum Gasteiger partial charge on any atom is -0.371 e. The standard InChI is InChI=1S/C22H23F3N4O3/c23-22(24,25)16-4-6-17(7-5-16)27-20(31)29-13-14-32-21(15-29)8-11-28(12-9-21)19(30)18-3-1-2-10-26-18/h1-7,10H,8-9,11-15H2,(H,27,31). The molecule has 2 aliphatic heterocycles. The number of rotatable bonds is 2. The van der Waals surface area contributed by atoms with Gasteiger partial charge in [-0.1, -0.05) is 6.07 Å². The number of hydrogen-bond acceptors (Lipinski definition) is 4. The van der Waals surface area contributed by atoms with Crippen LogP contribution in [0.1, 0.15) is 28.9 Å². The summed E-state index contributed by atoms with van der Waals surface area (Å²) in [4.78, 5) is 32.8. The van der Waals surface area contributed by atoms with Crippen LogP contribution in [0.2, 0.25) is 0 Å². The summed E-state index contributed by atoms with van der Waals surface area (Å²) < 4.78 is 44.2. The van der Waals surface area contributed by atoms with E-state index in [1.165, 1.54) is 12.1 Å². The third kappa shape index (κ3) is 4.85. The molecule has 1 spiro atoms. The van der Waals surface area contributed by atoms with Gasteiger partial charge in [-0.3, -0.25) is 9.78 Å². The number of anilines is 1. The van der Waals surface area contributed by atoms with Gasteiger partial charge < -0.3 is 19.9 Å². The maximum atomic E-state index is 12.7. The molecule has 4 rings (SSSR count). The molecule has 10 heteroatoms. The van der Waals surface area contributed by atoms with Gasteiger partial charge >= 0.3 is 12.2 Å². The van der Waals surface area contributed by atoms with Crippen LogP contribution in [-0.2, 0) is 10.9 Å². The molecule has 0 unspecified atom stereocenters. The maximum Gasteiger partial charge on any atom is 0.416 e. The van der Waals surface area contributed by atoms with Gasteiger partial charge in [0.2, 0.25) is 0 Å². The van der Waals surface area contributed by atoms with Crippen molar-refractivity contribution in [1.29, 1.82) is 0 Å². The number of nitrogens with one attached hydrogen (secondary N) is 1. The quantitative estimate of drug-likeness (QED) is 0.761. The number of carbonyl (C=O) groups excluding carboxylic acids is 2. The molecule has 2 aliphatic rings. The number of pyridine rings is 1. The van der Waals surface area contributed by atoms with Gasteiger partial charge in [0.15, 0.2) is 0 Å². The number of hydrogen-bond donors (Lipinski definition) is 1. The van der Waals surface area contributed by atoms with E-state index in [9.17, 15) is 22.8 Å². The van der Waals surface area contributed by atoms with Crippen molar-refractivity contribution >= 4 is 17.6 Å². The number of amides is 3. The highest BCUT2D eigenvalue weighted by Crippen LogP contribution is 2.32. The van der Waals surface area contributed by atoms with Crippen LogP contribution in [-0.4, -0.2) is 65.1 Å². The fraction of sp³-hybridized carbons (Fsp3) is 0.409. The number of aromatic nitrogens is 1. The zero-order valence-electron chi connectivity index (χ0n) is 17.3. The summed E-state index contributed by atoms with van der Waals surface area (Å²) in [6.45, 7) is 2.07. The number of nitrogens with zero attached hydrogens (tertiary/aromatic N) is 3. The second-order valence-corrected chi connectivity index (χ2v) is 7.97. The van der Waals surface area contributed by atoms with Gasteiger partial charge in [-0.15, -0.1) is 0 Å². The lowest BCUT2D eigenvalue weighted by Crippen LogP contribution is -2.59. The molecule has 1 aromatic carbocycles. The molecule has 0 aliphatic carbocycles. The van der Waals surface area contributed by atoms with Crippen molar-refractivity contribution in [2.24, 2.45) is 0 Å². The Morgan fingerprint density at radius 3 is 2.34 bits per heavy atom. The Bertz CT molecular complexity index is 959. The van der Waals surface area contributed by atoms with Gasteiger partial charge in [0.05, 0.1) is 24.3 Å². The molecule has 7 nitrogen and oxygen atoms in total. The SMILES string of the molecule is O=C(Nc1ccc(C(F)(F)F)cc1)N1CCOC2(CCN(C(=O)c3ccccn3)CC2)C1. The predicted molar refractivity (Wildman–Crippen MR) is 110 cm³/mol. The third-order valence-electron chi connectivity index (χ3n) is 5.85. The van der Waals surface area contributed by atoms with E-state index >= 15 is 0 Å². The molecule has 2 fully saturated rings. The fourth-order valence-corrected chi connectivity index (χ4v) is 4.03. The topological polar surface area (TPSA) is 74.8 Å². The molecule has 1 aromatic heterocycles. The Hall–Kier alpha value is -3.14. The lowest BCUT2D eigenvalue weighted by molar-refractivity contribution is -0.137. The van der Waals surface area contributed by atoms with Crippen LogP contribution < -0.4 is 5.32 Å². The third-order valence-corrected chi connectivity index (χ3v) is 5.85. The Morgan fingerprint density at radius 2 is 1.72 bits per heavy atom. The van der Waals surface area contributed by atoms with Crippen molar-refractivity contribution < 1.29 is 27.5 Å². The molecule has 2 saturated heterocycles. The second-order valence-electron chi connectivity index (χ2n) is 7.97. The molecule has 2 aromatic rings. The van der Waals surface area contributed by atoms with Crippen molar-refractivity contribution in [3.8, 4) is 0 Å². The number of urea groups is 1. The number of alkyl halides is 3. The first-order chi connectivity index (χ1) is 15.3. The molecule has 32 heavy (non-hydrogen) atoms. The molecule has 170 valence electrons. The summed E-state index contributed by atoms with van der Waals surface area (Å²) in [5.74, 6) is -0.131. The van der Waals surface area contributed by atoms with E-state index in [4.69, 9.17) is 4.74 Å². The number of benzene rings is 1. The summed E-state index contributed by atoms with van der Waals surface area (Å²) in [7, 11) is 0. The normalized spacial score (nSPS) is 18.5. The number of halogens is 3. The number of morpholine rings is 1. The van der Waals surface area contributed by atoms with Gasteiger partial charge in [-0.05, 0) is 49.2 Å². The summed E-state index contributed by atoms with van der Waals surface area (Å²) >= 11 is 0. The van der Waals surface area contributed by atoms with E-state index in [-0.39, 0.29) is 11.9 Å². The Labute approximate surface area is 183 Å². The second kappa shape index (κ2) is 8.78. The zero-order chi connectivity index (χ0) is 22.8. The maximum absolute atomic E-state index is 12.7. The minimum absolute atomic E-state index is 0.131. The van der Waals surface area contributed by atoms with E-state index < -0.39 is 17.3 Å². The van der Waals surface area contributed by atoms with Crippen LogP contribution >= 0.6 is 0 Å². The van der Waals surface area contributed by atoms with Crippen LogP contribution in [0.5, 0.6) is 0 Å². The van der Waals surface area contributed by atoms with E-state index in [1.54, 1.807) is 34.2 Å². The predicted octanol–water partition coefficient (Wildman–Crippen LogP) is 3.64. The average Bonchev–Trinajstić information content (AvgIpc) is 2.79. The van der Waals surface area contributed by atoms with Crippen molar-refractivity contribution in [3.63, 3.8) is 0 Å². The summed E-state index contributed by atoms with van der Waals surface area (Å²) in [5.41, 5.74) is -0.630. The van der Waals surface area contributed by atoms with Crippen LogP contribution in [0.4, 0.5) is 23.7 Å². The van der Waals surface area contributed by atoms with E-state index in [0.717, 1.165) is 12.1 Å². The summed E-state index contributed by atoms with van der Waals surface area (Å²) in [6.07, 6.45) is -1.69. The van der Waals surface area contributed by atoms with Crippen molar-refractivity contribution in [1.82, 2.24) is 14.8 Å². The van der Waals surface area contributed by atoms with Crippen LogP contribution in [0, 0.1) is 0 Å². The lowest BCUT2D eigenvalue weighted by Gasteiger charge is -2.47. The van der Waals surface area contributed by atoms with E-state index in [0.29, 0.717) is 57.0 Å². The first-order valence-electron chi connectivity index (χ1n) is 10.3. The highest BCUT2D eigenvalue weighted by atomic mass is 19.4. The Kier molecular flexibility index (Phi) is 6.05. The minimum atomic E-state index is -4.42. The molecule has 0 saturated carbocycles. The van der Waals surface area contributed by atoms with Gasteiger partial charge in [-0.25, -0.2) is 4.79 Å². The summed E-state index contributed by atoms with van der Waals surface area (Å²) in [5, 5.41) is 2.65. The van der Waals surface area contributed by atoms with Crippen molar-refractivity contribution in [2.45, 2.75) is 24.6 Å². The molecule has 3 amide bonds. The number of carbonyl (C=O) groups is 2. The number of ether oxygens (including phenoxy) is 1. The monoisotopic (exact) mass is 448 g/mol. The van der Waals surface area contributed by atoms with Gasteiger partial charge in [0, 0.05) is 31.5 Å². The molecule has 0 radical (unpaired) electrons. The van der Waals surface area contributed by atoms with Crippen molar-refractivity contribution in [3.05, 3.63) is 59.9 Å². The summed E-state index contributed by atoms with van der Waals surface area (Å²) in [6, 6.07) is 9.15.